The van der Waals surface area contributed by atoms with Crippen LogP contribution in [-0.4, -0.2) is 45.2 Å². The predicted octanol–water partition coefficient (Wildman–Crippen LogP) is 4.56. The van der Waals surface area contributed by atoms with E-state index in [9.17, 15) is 4.79 Å². The Morgan fingerprint density at radius 1 is 1.07 bits per heavy atom. The van der Waals surface area contributed by atoms with E-state index in [1.807, 2.05) is 24.3 Å². The Morgan fingerprint density at radius 3 is 2.30 bits per heavy atom. The van der Waals surface area contributed by atoms with Gasteiger partial charge in [-0.25, -0.2) is 0 Å². The molecule has 0 aromatic heterocycles. The van der Waals surface area contributed by atoms with E-state index in [2.05, 4.69) is 46.1 Å². The molecule has 0 heterocycles. The molecule has 7 heteroatoms. The van der Waals surface area contributed by atoms with E-state index in [0.717, 1.165) is 23.0 Å². The number of carbonyl (C=O) groups excluding carboxylic acids is 1. The third kappa shape index (κ3) is 6.12. The first-order chi connectivity index (χ1) is 14.4. The predicted molar refractivity (Wildman–Crippen MR) is 122 cm³/mol. The maximum atomic E-state index is 12.7. The van der Waals surface area contributed by atoms with Crippen molar-refractivity contribution >= 4 is 21.8 Å². The molecule has 1 unspecified atom stereocenters. The average Bonchev–Trinajstić information content (AvgIpc) is 2.76. The van der Waals surface area contributed by atoms with Crippen LogP contribution in [0.15, 0.2) is 40.9 Å². The molecule has 2 rings (SSSR count). The largest absolute Gasteiger partial charge is 0.496 e. The topological polar surface area (TPSA) is 60.0 Å². The van der Waals surface area contributed by atoms with Gasteiger partial charge in [0.2, 0.25) is 5.91 Å². The molecule has 0 spiro atoms. The van der Waals surface area contributed by atoms with Crippen molar-refractivity contribution in [2.75, 3.05) is 34.4 Å². The molecule has 1 amide bonds. The van der Waals surface area contributed by atoms with E-state index < -0.39 is 0 Å². The summed E-state index contributed by atoms with van der Waals surface area (Å²) in [6.07, 6.45) is 0.964. The van der Waals surface area contributed by atoms with Crippen LogP contribution in [0.25, 0.3) is 0 Å². The molecule has 0 fully saturated rings. The zero-order chi connectivity index (χ0) is 22.1. The van der Waals surface area contributed by atoms with Crippen LogP contribution in [0.5, 0.6) is 17.2 Å². The van der Waals surface area contributed by atoms with Crippen molar-refractivity contribution in [3.05, 3.63) is 52.0 Å². The molecule has 0 bridgehead atoms. The summed E-state index contributed by atoms with van der Waals surface area (Å²) in [7, 11) is 4.75. The number of ether oxygens (including phenoxy) is 3. The SMILES string of the molecule is CCCN(CC(=O)NCc1cc(OC)c(OC)cc1OC)C(C)c1ccccc1Br. The third-order valence-electron chi connectivity index (χ3n) is 5.02. The number of nitrogens with one attached hydrogen (secondary N) is 1. The first-order valence-electron chi connectivity index (χ1n) is 9.99. The number of methoxy groups -OCH3 is 3. The average molecular weight is 479 g/mol. The summed E-state index contributed by atoms with van der Waals surface area (Å²) in [5.41, 5.74) is 1.99. The highest BCUT2D eigenvalue weighted by atomic mass is 79.9. The molecule has 1 N–H and O–H groups in total. The van der Waals surface area contributed by atoms with Crippen molar-refractivity contribution in [3.63, 3.8) is 0 Å². The summed E-state index contributed by atoms with van der Waals surface area (Å²) in [5.74, 6) is 1.78. The molecular formula is C23H31BrN2O4. The number of halogens is 1. The van der Waals surface area contributed by atoms with Gasteiger partial charge in [0.05, 0.1) is 27.9 Å². The molecule has 2 aromatic rings. The van der Waals surface area contributed by atoms with Crippen LogP contribution in [0.3, 0.4) is 0 Å². The minimum absolute atomic E-state index is 0.0424. The van der Waals surface area contributed by atoms with E-state index in [0.29, 0.717) is 30.3 Å². The summed E-state index contributed by atoms with van der Waals surface area (Å²) in [6, 6.07) is 11.8. The highest BCUT2D eigenvalue weighted by molar-refractivity contribution is 9.10. The lowest BCUT2D eigenvalue weighted by Crippen LogP contribution is -2.39. The molecule has 0 radical (unpaired) electrons. The molecule has 30 heavy (non-hydrogen) atoms. The zero-order valence-corrected chi connectivity index (χ0v) is 19.9. The maximum absolute atomic E-state index is 12.7. The van der Waals surface area contributed by atoms with Crippen molar-refractivity contribution in [1.82, 2.24) is 10.2 Å². The van der Waals surface area contributed by atoms with Crippen molar-refractivity contribution in [1.29, 1.82) is 0 Å². The second kappa shape index (κ2) is 11.8. The fourth-order valence-corrected chi connectivity index (χ4v) is 3.99. The van der Waals surface area contributed by atoms with Crippen molar-refractivity contribution in [2.45, 2.75) is 32.9 Å². The van der Waals surface area contributed by atoms with Gasteiger partial charge in [-0.2, -0.15) is 0 Å². The first kappa shape index (κ1) is 24.0. The Hall–Kier alpha value is -2.25. The van der Waals surface area contributed by atoms with Crippen molar-refractivity contribution in [3.8, 4) is 17.2 Å². The number of hydrogen-bond donors (Lipinski definition) is 1. The van der Waals surface area contributed by atoms with Gasteiger partial charge in [-0.1, -0.05) is 41.1 Å². The van der Waals surface area contributed by atoms with Gasteiger partial charge in [0.15, 0.2) is 11.5 Å². The van der Waals surface area contributed by atoms with Crippen molar-refractivity contribution < 1.29 is 19.0 Å². The molecule has 0 saturated heterocycles. The number of carbonyl (C=O) groups is 1. The third-order valence-corrected chi connectivity index (χ3v) is 5.75. The van der Waals surface area contributed by atoms with Crippen molar-refractivity contribution in [2.24, 2.45) is 0 Å². The summed E-state index contributed by atoms with van der Waals surface area (Å²) < 4.78 is 17.2. The van der Waals surface area contributed by atoms with Gasteiger partial charge >= 0.3 is 0 Å². The van der Waals surface area contributed by atoms with Crippen LogP contribution >= 0.6 is 15.9 Å². The van der Waals surface area contributed by atoms with Gasteiger partial charge < -0.3 is 19.5 Å². The number of rotatable bonds is 11. The van der Waals surface area contributed by atoms with Gasteiger partial charge in [-0.05, 0) is 37.6 Å². The lowest BCUT2D eigenvalue weighted by atomic mass is 10.1. The molecular weight excluding hydrogens is 448 g/mol. The normalized spacial score (nSPS) is 11.8. The van der Waals surface area contributed by atoms with Gasteiger partial charge in [0.25, 0.3) is 0 Å². The van der Waals surface area contributed by atoms with Gasteiger partial charge in [0.1, 0.15) is 5.75 Å². The molecule has 2 aromatic carbocycles. The van der Waals surface area contributed by atoms with E-state index in [4.69, 9.17) is 14.2 Å². The van der Waals surface area contributed by atoms with Crippen LogP contribution in [-0.2, 0) is 11.3 Å². The molecule has 0 aliphatic carbocycles. The second-order valence-electron chi connectivity index (χ2n) is 6.96. The van der Waals surface area contributed by atoms with Gasteiger partial charge in [-0.3, -0.25) is 9.69 Å². The number of benzene rings is 2. The molecule has 0 aliphatic rings. The van der Waals surface area contributed by atoms with Gasteiger partial charge in [-0.15, -0.1) is 0 Å². The van der Waals surface area contributed by atoms with E-state index in [1.165, 1.54) is 5.56 Å². The highest BCUT2D eigenvalue weighted by Crippen LogP contribution is 2.34. The van der Waals surface area contributed by atoms with Crippen LogP contribution in [0.1, 0.15) is 37.4 Å². The summed E-state index contributed by atoms with van der Waals surface area (Å²) in [4.78, 5) is 14.9. The standard InChI is InChI=1S/C23H31BrN2O4/c1-6-11-26(16(2)18-9-7-8-10-19(18)24)15-23(27)25-14-17-12-21(29-4)22(30-5)13-20(17)28-3/h7-10,12-13,16H,6,11,14-15H2,1-5H3,(H,25,27). The van der Waals surface area contributed by atoms with E-state index in [1.54, 1.807) is 27.4 Å². The Balaban J connectivity index is 2.09. The Kier molecular flexibility index (Phi) is 9.46. The number of amides is 1. The molecule has 0 saturated carbocycles. The van der Waals surface area contributed by atoms with Crippen LogP contribution < -0.4 is 19.5 Å². The summed E-state index contributed by atoms with van der Waals surface area (Å²) >= 11 is 3.62. The van der Waals surface area contributed by atoms with Crippen LogP contribution in [0, 0.1) is 0 Å². The fraction of sp³-hybridized carbons (Fsp3) is 0.435. The summed E-state index contributed by atoms with van der Waals surface area (Å²) in [6.45, 7) is 5.72. The Labute approximate surface area is 187 Å². The highest BCUT2D eigenvalue weighted by Gasteiger charge is 2.20. The minimum Gasteiger partial charge on any atom is -0.496 e. The lowest BCUT2D eigenvalue weighted by Gasteiger charge is -2.29. The molecule has 1 atom stereocenters. The number of hydrogen-bond acceptors (Lipinski definition) is 5. The molecule has 164 valence electrons. The Bertz CT molecular complexity index is 844. The second-order valence-corrected chi connectivity index (χ2v) is 7.82. The molecule has 0 aliphatic heterocycles. The minimum atomic E-state index is -0.0424. The maximum Gasteiger partial charge on any atom is 0.234 e. The monoisotopic (exact) mass is 478 g/mol. The zero-order valence-electron chi connectivity index (χ0n) is 18.3. The fourth-order valence-electron chi connectivity index (χ4n) is 3.37. The van der Waals surface area contributed by atoms with Crippen LogP contribution in [0.2, 0.25) is 0 Å². The number of nitrogens with zero attached hydrogens (tertiary/aromatic N) is 1. The van der Waals surface area contributed by atoms with E-state index in [-0.39, 0.29) is 11.9 Å². The first-order valence-corrected chi connectivity index (χ1v) is 10.8. The summed E-state index contributed by atoms with van der Waals surface area (Å²) in [5, 5.41) is 3.00. The van der Waals surface area contributed by atoms with Crippen LogP contribution in [0.4, 0.5) is 0 Å². The quantitative estimate of drug-likeness (QED) is 0.512. The van der Waals surface area contributed by atoms with E-state index >= 15 is 0 Å². The molecule has 6 nitrogen and oxygen atoms in total. The van der Waals surface area contributed by atoms with Gasteiger partial charge in [0, 0.05) is 28.7 Å². The lowest BCUT2D eigenvalue weighted by molar-refractivity contribution is -0.123. The Morgan fingerprint density at radius 2 is 1.70 bits per heavy atom. The smallest absolute Gasteiger partial charge is 0.234 e.